The molecule has 3 N–H and O–H groups in total. The Hall–Kier alpha value is -1.79. The normalized spacial score (nSPS) is 10.1. The van der Waals surface area contributed by atoms with Gasteiger partial charge in [-0.2, -0.15) is 0 Å². The van der Waals surface area contributed by atoms with Crippen LogP contribution in [-0.2, 0) is 0 Å². The van der Waals surface area contributed by atoms with Gasteiger partial charge in [0, 0.05) is 6.20 Å². The number of hydrogen-bond acceptors (Lipinski definition) is 4. The van der Waals surface area contributed by atoms with Crippen molar-refractivity contribution in [2.24, 2.45) is 5.73 Å². The monoisotopic (exact) mass is 282 g/mol. The number of nitrogens with one attached hydrogen (secondary N) is 1. The molecule has 0 amide bonds. The SMILES string of the molecule is NC(=S)c1ccnc(Nc2cc(F)ccc2Cl)n1. The average Bonchev–Trinajstić information content (AvgIpc) is 2.34. The molecule has 0 saturated carbocycles. The lowest BCUT2D eigenvalue weighted by molar-refractivity contribution is 0.628. The molecule has 2 aromatic rings. The van der Waals surface area contributed by atoms with E-state index in [0.717, 1.165) is 0 Å². The third kappa shape index (κ3) is 2.91. The third-order valence-corrected chi connectivity index (χ3v) is 2.62. The van der Waals surface area contributed by atoms with E-state index in [0.29, 0.717) is 16.4 Å². The average molecular weight is 283 g/mol. The highest BCUT2D eigenvalue weighted by molar-refractivity contribution is 7.80. The van der Waals surface area contributed by atoms with E-state index in [-0.39, 0.29) is 10.9 Å². The molecule has 0 spiro atoms. The summed E-state index contributed by atoms with van der Waals surface area (Å²) in [6, 6.07) is 5.54. The van der Waals surface area contributed by atoms with E-state index in [1.807, 2.05) is 0 Å². The fraction of sp³-hybridized carbons (Fsp3) is 0. The van der Waals surface area contributed by atoms with Gasteiger partial charge in [0.05, 0.1) is 10.7 Å². The van der Waals surface area contributed by atoms with Crippen molar-refractivity contribution in [3.05, 3.63) is 47.0 Å². The molecular formula is C11H8ClFN4S. The Morgan fingerprint density at radius 1 is 1.39 bits per heavy atom. The van der Waals surface area contributed by atoms with Crippen LogP contribution in [-0.4, -0.2) is 15.0 Å². The maximum absolute atomic E-state index is 13.1. The molecule has 0 aliphatic rings. The summed E-state index contributed by atoms with van der Waals surface area (Å²) in [6.07, 6.45) is 1.50. The molecule has 92 valence electrons. The summed E-state index contributed by atoms with van der Waals surface area (Å²) in [7, 11) is 0. The first-order chi connectivity index (χ1) is 8.56. The number of anilines is 2. The van der Waals surface area contributed by atoms with Crippen LogP contribution in [0.1, 0.15) is 5.69 Å². The first-order valence-corrected chi connectivity index (χ1v) is 5.70. The predicted molar refractivity (Wildman–Crippen MR) is 72.6 cm³/mol. The van der Waals surface area contributed by atoms with E-state index in [1.165, 1.54) is 24.4 Å². The molecule has 1 heterocycles. The number of nitrogens with two attached hydrogens (primary N) is 1. The van der Waals surface area contributed by atoms with Crippen LogP contribution in [0.25, 0.3) is 0 Å². The smallest absolute Gasteiger partial charge is 0.227 e. The van der Waals surface area contributed by atoms with Crippen LogP contribution < -0.4 is 11.1 Å². The quantitative estimate of drug-likeness (QED) is 0.848. The van der Waals surface area contributed by atoms with Gasteiger partial charge in [0.25, 0.3) is 0 Å². The second-order valence-electron chi connectivity index (χ2n) is 3.38. The minimum Gasteiger partial charge on any atom is -0.388 e. The molecule has 0 aliphatic carbocycles. The van der Waals surface area contributed by atoms with Gasteiger partial charge in [-0.15, -0.1) is 0 Å². The van der Waals surface area contributed by atoms with E-state index in [2.05, 4.69) is 15.3 Å². The molecule has 4 nitrogen and oxygen atoms in total. The molecule has 1 aromatic carbocycles. The molecule has 2 rings (SSSR count). The van der Waals surface area contributed by atoms with Crippen molar-refractivity contribution in [3.63, 3.8) is 0 Å². The maximum atomic E-state index is 13.1. The second kappa shape index (κ2) is 5.24. The minimum atomic E-state index is -0.410. The third-order valence-electron chi connectivity index (χ3n) is 2.08. The lowest BCUT2D eigenvalue weighted by atomic mass is 10.3. The summed E-state index contributed by atoms with van der Waals surface area (Å²) < 4.78 is 13.1. The topological polar surface area (TPSA) is 63.8 Å². The number of hydrogen-bond donors (Lipinski definition) is 2. The molecule has 18 heavy (non-hydrogen) atoms. The number of nitrogens with zero attached hydrogens (tertiary/aromatic N) is 2. The Balaban J connectivity index is 2.31. The zero-order chi connectivity index (χ0) is 13.1. The van der Waals surface area contributed by atoms with Gasteiger partial charge in [0.1, 0.15) is 16.5 Å². The lowest BCUT2D eigenvalue weighted by Gasteiger charge is -2.07. The van der Waals surface area contributed by atoms with Crippen LogP contribution >= 0.6 is 23.8 Å². The van der Waals surface area contributed by atoms with Gasteiger partial charge in [0.2, 0.25) is 5.95 Å². The number of halogens is 2. The van der Waals surface area contributed by atoms with E-state index in [1.54, 1.807) is 6.07 Å². The molecule has 7 heteroatoms. The van der Waals surface area contributed by atoms with Gasteiger partial charge >= 0.3 is 0 Å². The summed E-state index contributed by atoms with van der Waals surface area (Å²) in [6.45, 7) is 0. The highest BCUT2D eigenvalue weighted by Crippen LogP contribution is 2.24. The number of benzene rings is 1. The Morgan fingerprint density at radius 3 is 2.89 bits per heavy atom. The Morgan fingerprint density at radius 2 is 2.17 bits per heavy atom. The number of aromatic nitrogens is 2. The summed E-state index contributed by atoms with van der Waals surface area (Å²) in [5.74, 6) is -0.166. The van der Waals surface area contributed by atoms with E-state index < -0.39 is 5.82 Å². The zero-order valence-electron chi connectivity index (χ0n) is 9.02. The molecule has 0 fully saturated rings. The van der Waals surface area contributed by atoms with Crippen molar-refractivity contribution in [1.29, 1.82) is 0 Å². The first-order valence-electron chi connectivity index (χ1n) is 4.91. The lowest BCUT2D eigenvalue weighted by Crippen LogP contribution is -2.12. The van der Waals surface area contributed by atoms with Crippen molar-refractivity contribution < 1.29 is 4.39 Å². The van der Waals surface area contributed by atoms with Crippen LogP contribution in [0.3, 0.4) is 0 Å². The first kappa shape index (κ1) is 12.7. The number of rotatable bonds is 3. The van der Waals surface area contributed by atoms with Crippen LogP contribution in [0.2, 0.25) is 5.02 Å². The van der Waals surface area contributed by atoms with Crippen molar-refractivity contribution in [2.75, 3.05) is 5.32 Å². The molecule has 0 saturated heterocycles. The van der Waals surface area contributed by atoms with E-state index in [4.69, 9.17) is 29.6 Å². The zero-order valence-corrected chi connectivity index (χ0v) is 10.6. The van der Waals surface area contributed by atoms with Crippen LogP contribution in [0.4, 0.5) is 16.0 Å². The highest BCUT2D eigenvalue weighted by Gasteiger charge is 2.06. The molecule has 0 atom stereocenters. The molecular weight excluding hydrogens is 275 g/mol. The van der Waals surface area contributed by atoms with Gasteiger partial charge in [0.15, 0.2) is 0 Å². The predicted octanol–water partition coefficient (Wildman–Crippen LogP) is 2.65. The fourth-order valence-corrected chi connectivity index (χ4v) is 1.55. The summed E-state index contributed by atoms with van der Waals surface area (Å²) in [5.41, 5.74) is 6.26. The summed E-state index contributed by atoms with van der Waals surface area (Å²) in [5, 5.41) is 3.16. The summed E-state index contributed by atoms with van der Waals surface area (Å²) in [4.78, 5) is 8.20. The maximum Gasteiger partial charge on any atom is 0.227 e. The van der Waals surface area contributed by atoms with Crippen LogP contribution in [0.15, 0.2) is 30.5 Å². The van der Waals surface area contributed by atoms with E-state index in [9.17, 15) is 4.39 Å². The molecule has 0 aliphatic heterocycles. The van der Waals surface area contributed by atoms with Crippen molar-refractivity contribution >= 4 is 40.4 Å². The van der Waals surface area contributed by atoms with Crippen molar-refractivity contribution in [2.45, 2.75) is 0 Å². The van der Waals surface area contributed by atoms with Gasteiger partial charge in [-0.3, -0.25) is 0 Å². The standard InChI is InChI=1S/C11H8ClFN4S/c12-7-2-1-6(13)5-9(7)17-11-15-4-3-8(16-11)10(14)18/h1-5H,(H2,14,18)(H,15,16,17). The Labute approximate surface area is 113 Å². The van der Waals surface area contributed by atoms with Crippen molar-refractivity contribution in [1.82, 2.24) is 9.97 Å². The van der Waals surface area contributed by atoms with Gasteiger partial charge in [-0.05, 0) is 24.3 Å². The van der Waals surface area contributed by atoms with Crippen LogP contribution in [0.5, 0.6) is 0 Å². The number of thiocarbonyl (C=S) groups is 1. The van der Waals surface area contributed by atoms with Gasteiger partial charge in [-0.1, -0.05) is 23.8 Å². The highest BCUT2D eigenvalue weighted by atomic mass is 35.5. The van der Waals surface area contributed by atoms with Gasteiger partial charge in [-0.25, -0.2) is 14.4 Å². The molecule has 1 aromatic heterocycles. The molecule has 0 bridgehead atoms. The minimum absolute atomic E-state index is 0.158. The Bertz CT molecular complexity index is 605. The molecule has 0 unspecified atom stereocenters. The largest absolute Gasteiger partial charge is 0.388 e. The fourth-order valence-electron chi connectivity index (χ4n) is 1.27. The van der Waals surface area contributed by atoms with E-state index >= 15 is 0 Å². The second-order valence-corrected chi connectivity index (χ2v) is 4.23. The Kier molecular flexibility index (Phi) is 3.69. The van der Waals surface area contributed by atoms with Crippen LogP contribution in [0, 0.1) is 5.82 Å². The summed E-state index contributed by atoms with van der Waals surface area (Å²) >= 11 is 10.7. The van der Waals surface area contributed by atoms with Crippen molar-refractivity contribution in [3.8, 4) is 0 Å². The molecule has 0 radical (unpaired) electrons. The van der Waals surface area contributed by atoms with Gasteiger partial charge < -0.3 is 11.1 Å².